The Morgan fingerprint density at radius 3 is 2.75 bits per heavy atom. The number of nitrogens with zero attached hydrogens (tertiary/aromatic N) is 5. The predicted octanol–water partition coefficient (Wildman–Crippen LogP) is 2.14. The first-order valence-electron chi connectivity index (χ1n) is 7.34. The van der Waals surface area contributed by atoms with Crippen LogP contribution in [0.15, 0.2) is 30.6 Å². The Morgan fingerprint density at radius 2 is 2.04 bits per heavy atom. The van der Waals surface area contributed by atoms with Gasteiger partial charge in [-0.2, -0.15) is 14.6 Å². The lowest BCUT2D eigenvalue weighted by molar-refractivity contribution is -0.384. The number of benzene rings is 1. The summed E-state index contributed by atoms with van der Waals surface area (Å²) in [6, 6.07) is 5.99. The molecule has 2 heterocycles. The highest BCUT2D eigenvalue weighted by molar-refractivity contribution is 5.51. The second-order valence-corrected chi connectivity index (χ2v) is 5.17. The lowest BCUT2D eigenvalue weighted by Crippen LogP contribution is -2.16. The van der Waals surface area contributed by atoms with Crippen LogP contribution in [0.2, 0.25) is 0 Å². The van der Waals surface area contributed by atoms with Crippen molar-refractivity contribution >= 4 is 17.3 Å². The molecule has 9 nitrogen and oxygen atoms in total. The fraction of sp³-hybridized carbons (Fsp3) is 0.267. The van der Waals surface area contributed by atoms with E-state index < -0.39 is 4.92 Å². The van der Waals surface area contributed by atoms with Crippen molar-refractivity contribution in [2.75, 3.05) is 18.5 Å². The van der Waals surface area contributed by atoms with Gasteiger partial charge in [0.05, 0.1) is 11.5 Å². The van der Waals surface area contributed by atoms with E-state index in [1.807, 2.05) is 13.8 Å². The second-order valence-electron chi connectivity index (χ2n) is 5.17. The molecule has 2 aromatic heterocycles. The summed E-state index contributed by atoms with van der Waals surface area (Å²) in [5, 5.41) is 18.0. The molecule has 1 N–H and O–H groups in total. The highest BCUT2D eigenvalue weighted by Crippen LogP contribution is 2.18. The zero-order valence-corrected chi connectivity index (χ0v) is 13.3. The Bertz CT molecular complexity index is 875. The lowest BCUT2D eigenvalue weighted by atomic mass is 10.2. The fourth-order valence-electron chi connectivity index (χ4n) is 2.24. The first kappa shape index (κ1) is 15.7. The van der Waals surface area contributed by atoms with Gasteiger partial charge in [-0.1, -0.05) is 0 Å². The van der Waals surface area contributed by atoms with Gasteiger partial charge in [0, 0.05) is 23.4 Å². The minimum atomic E-state index is -0.441. The van der Waals surface area contributed by atoms with E-state index in [4.69, 9.17) is 4.74 Å². The van der Waals surface area contributed by atoms with Gasteiger partial charge in [-0.25, -0.2) is 4.98 Å². The van der Waals surface area contributed by atoms with Crippen molar-refractivity contribution < 1.29 is 9.66 Å². The molecule has 0 atom stereocenters. The van der Waals surface area contributed by atoms with Crippen LogP contribution in [-0.4, -0.2) is 37.7 Å². The summed E-state index contributed by atoms with van der Waals surface area (Å²) >= 11 is 0. The number of aryl methyl sites for hydroxylation is 1. The molecule has 0 radical (unpaired) electrons. The number of fused-ring (bicyclic) bond motifs is 1. The summed E-state index contributed by atoms with van der Waals surface area (Å²) in [6.45, 7) is 4.82. The Labute approximate surface area is 137 Å². The molecule has 0 amide bonds. The van der Waals surface area contributed by atoms with Crippen LogP contribution in [0, 0.1) is 24.0 Å². The number of hydrogen-bond donors (Lipinski definition) is 1. The molecule has 9 heteroatoms. The van der Waals surface area contributed by atoms with E-state index in [2.05, 4.69) is 20.4 Å². The molecule has 0 unspecified atom stereocenters. The number of non-ortho nitro benzene ring substituents is 1. The molecule has 124 valence electrons. The number of ether oxygens (including phenoxy) is 1. The molecule has 0 bridgehead atoms. The lowest BCUT2D eigenvalue weighted by Gasteiger charge is -2.13. The van der Waals surface area contributed by atoms with Crippen LogP contribution >= 0.6 is 0 Å². The van der Waals surface area contributed by atoms with Crippen LogP contribution < -0.4 is 10.1 Å². The van der Waals surface area contributed by atoms with Crippen LogP contribution in [0.5, 0.6) is 5.75 Å². The van der Waals surface area contributed by atoms with Crippen LogP contribution in [0.4, 0.5) is 11.5 Å². The molecular formula is C15H16N6O3. The number of nitro groups is 1. The number of nitrogens with one attached hydrogen (secondary N) is 1. The third-order valence-electron chi connectivity index (χ3n) is 3.62. The molecule has 0 aliphatic heterocycles. The van der Waals surface area contributed by atoms with E-state index in [1.165, 1.54) is 18.5 Å². The minimum Gasteiger partial charge on any atom is -0.492 e. The summed E-state index contributed by atoms with van der Waals surface area (Å²) in [4.78, 5) is 18.6. The maximum atomic E-state index is 10.6. The number of nitro benzene ring substituents is 1. The maximum Gasteiger partial charge on any atom is 0.269 e. The zero-order chi connectivity index (χ0) is 17.1. The summed E-state index contributed by atoms with van der Waals surface area (Å²) < 4.78 is 7.23. The number of aromatic nitrogens is 4. The summed E-state index contributed by atoms with van der Waals surface area (Å²) in [5.74, 6) is 1.94. The van der Waals surface area contributed by atoms with E-state index in [9.17, 15) is 10.1 Å². The number of hydrogen-bond acceptors (Lipinski definition) is 7. The maximum absolute atomic E-state index is 10.6. The molecule has 0 aliphatic carbocycles. The Hall–Kier alpha value is -3.23. The average Bonchev–Trinajstić information content (AvgIpc) is 3.02. The van der Waals surface area contributed by atoms with Gasteiger partial charge in [-0.15, -0.1) is 0 Å². The average molecular weight is 328 g/mol. The van der Waals surface area contributed by atoms with E-state index in [0.29, 0.717) is 24.7 Å². The fourth-order valence-corrected chi connectivity index (χ4v) is 2.24. The minimum absolute atomic E-state index is 0.0388. The first-order chi connectivity index (χ1) is 11.6. The molecule has 24 heavy (non-hydrogen) atoms. The van der Waals surface area contributed by atoms with Crippen LogP contribution in [0.25, 0.3) is 5.78 Å². The standard InChI is InChI=1S/C15H16N6O3/c1-10-11(2)19-15-17-9-18-20(15)14(10)16-7-8-24-13-5-3-12(4-6-13)21(22)23/h3-6,9,16H,7-8H2,1-2H3. The third kappa shape index (κ3) is 3.09. The quantitative estimate of drug-likeness (QED) is 0.419. The second kappa shape index (κ2) is 6.49. The molecule has 0 saturated heterocycles. The Kier molecular flexibility index (Phi) is 4.23. The van der Waals surface area contributed by atoms with Gasteiger partial charge >= 0.3 is 0 Å². The van der Waals surface area contributed by atoms with Crippen LogP contribution in [-0.2, 0) is 0 Å². The summed E-state index contributed by atoms with van der Waals surface area (Å²) in [5.41, 5.74) is 1.91. The van der Waals surface area contributed by atoms with Crippen molar-refractivity contribution in [3.05, 3.63) is 52.0 Å². The summed E-state index contributed by atoms with van der Waals surface area (Å²) in [6.07, 6.45) is 1.46. The van der Waals surface area contributed by atoms with Gasteiger partial charge in [-0.3, -0.25) is 10.1 Å². The Balaban J connectivity index is 1.62. The van der Waals surface area contributed by atoms with Gasteiger partial charge < -0.3 is 10.1 Å². The van der Waals surface area contributed by atoms with Crippen molar-refractivity contribution in [1.82, 2.24) is 19.6 Å². The third-order valence-corrected chi connectivity index (χ3v) is 3.62. The van der Waals surface area contributed by atoms with Crippen molar-refractivity contribution in [3.63, 3.8) is 0 Å². The summed E-state index contributed by atoms with van der Waals surface area (Å²) in [7, 11) is 0. The van der Waals surface area contributed by atoms with E-state index in [1.54, 1.807) is 16.6 Å². The van der Waals surface area contributed by atoms with E-state index >= 15 is 0 Å². The monoisotopic (exact) mass is 328 g/mol. The highest BCUT2D eigenvalue weighted by Gasteiger charge is 2.10. The van der Waals surface area contributed by atoms with Gasteiger partial charge in [0.2, 0.25) is 0 Å². The molecule has 3 aromatic rings. The van der Waals surface area contributed by atoms with E-state index in [0.717, 1.165) is 17.1 Å². The Morgan fingerprint density at radius 1 is 1.29 bits per heavy atom. The predicted molar refractivity (Wildman–Crippen MR) is 87.3 cm³/mol. The van der Waals surface area contributed by atoms with Crippen molar-refractivity contribution in [2.24, 2.45) is 0 Å². The number of rotatable bonds is 6. The normalized spacial score (nSPS) is 10.8. The van der Waals surface area contributed by atoms with Gasteiger partial charge in [0.25, 0.3) is 11.5 Å². The molecule has 0 fully saturated rings. The van der Waals surface area contributed by atoms with E-state index in [-0.39, 0.29) is 5.69 Å². The molecule has 0 spiro atoms. The van der Waals surface area contributed by atoms with Gasteiger partial charge in [-0.05, 0) is 26.0 Å². The van der Waals surface area contributed by atoms with Crippen LogP contribution in [0.3, 0.4) is 0 Å². The SMILES string of the molecule is Cc1nc2ncnn2c(NCCOc2ccc([N+](=O)[O-])cc2)c1C. The zero-order valence-electron chi connectivity index (χ0n) is 13.3. The number of anilines is 1. The van der Waals surface area contributed by atoms with Crippen molar-refractivity contribution in [2.45, 2.75) is 13.8 Å². The van der Waals surface area contributed by atoms with Crippen LogP contribution in [0.1, 0.15) is 11.3 Å². The van der Waals surface area contributed by atoms with Gasteiger partial charge in [0.1, 0.15) is 24.5 Å². The topological polar surface area (TPSA) is 107 Å². The van der Waals surface area contributed by atoms with Crippen molar-refractivity contribution in [3.8, 4) is 5.75 Å². The largest absolute Gasteiger partial charge is 0.492 e. The molecule has 0 saturated carbocycles. The highest BCUT2D eigenvalue weighted by atomic mass is 16.6. The van der Waals surface area contributed by atoms with Crippen molar-refractivity contribution in [1.29, 1.82) is 0 Å². The molecular weight excluding hydrogens is 312 g/mol. The molecule has 0 aliphatic rings. The first-order valence-corrected chi connectivity index (χ1v) is 7.34. The molecule has 3 rings (SSSR count). The van der Waals surface area contributed by atoms with Gasteiger partial charge in [0.15, 0.2) is 0 Å². The molecule has 1 aromatic carbocycles. The smallest absolute Gasteiger partial charge is 0.269 e.